The highest BCUT2D eigenvalue weighted by molar-refractivity contribution is 5.92. The Hall–Kier alpha value is -1.06. The first-order chi connectivity index (χ1) is 6.09. The summed E-state index contributed by atoms with van der Waals surface area (Å²) in [6.07, 6.45) is 0. The fourth-order valence-electron chi connectivity index (χ4n) is 1.19. The Bertz CT molecular complexity index is 313. The van der Waals surface area contributed by atoms with Crippen LogP contribution in [0.3, 0.4) is 0 Å². The summed E-state index contributed by atoms with van der Waals surface area (Å²) >= 11 is 0. The molecule has 0 fully saturated rings. The van der Waals surface area contributed by atoms with Crippen LogP contribution in [0.2, 0.25) is 0 Å². The molecule has 1 aromatic rings. The Morgan fingerprint density at radius 1 is 1.43 bits per heavy atom. The summed E-state index contributed by atoms with van der Waals surface area (Å²) in [4.78, 5) is 12.9. The van der Waals surface area contributed by atoms with E-state index in [1.165, 1.54) is 0 Å². The number of hydrogen-bond donors (Lipinski definition) is 1. The van der Waals surface area contributed by atoms with E-state index in [4.69, 9.17) is 5.73 Å². The zero-order valence-electron chi connectivity index (χ0n) is 8.36. The van der Waals surface area contributed by atoms with Crippen LogP contribution in [0.1, 0.15) is 15.9 Å². The van der Waals surface area contributed by atoms with Gasteiger partial charge in [0, 0.05) is 12.1 Å². The molecule has 0 aliphatic heterocycles. The summed E-state index contributed by atoms with van der Waals surface area (Å²) in [5.74, 6) is -0.374. The molecule has 0 saturated heterocycles. The average molecular weight is 215 g/mol. The first kappa shape index (κ1) is 12.9. The predicted molar refractivity (Wildman–Crippen MR) is 59.6 cm³/mol. The second-order valence-corrected chi connectivity index (χ2v) is 3.30. The van der Waals surface area contributed by atoms with Crippen molar-refractivity contribution in [2.45, 2.75) is 6.54 Å². The molecule has 0 saturated carbocycles. The lowest BCUT2D eigenvalue weighted by molar-refractivity contribution is 0.1000. The molecular weight excluding hydrogens is 200 g/mol. The van der Waals surface area contributed by atoms with Gasteiger partial charge >= 0.3 is 0 Å². The maximum Gasteiger partial charge on any atom is 0.248 e. The fraction of sp³-hybridized carbons (Fsp3) is 0.300. The lowest BCUT2D eigenvalue weighted by Gasteiger charge is -2.09. The molecule has 0 heterocycles. The molecule has 3 nitrogen and oxygen atoms in total. The third kappa shape index (κ3) is 3.77. The molecule has 0 radical (unpaired) electrons. The van der Waals surface area contributed by atoms with E-state index in [0.717, 1.165) is 12.1 Å². The Morgan fingerprint density at radius 2 is 2.07 bits per heavy atom. The topological polar surface area (TPSA) is 46.3 Å². The van der Waals surface area contributed by atoms with Gasteiger partial charge in [-0.05, 0) is 31.8 Å². The Kier molecular flexibility index (Phi) is 5.20. The predicted octanol–water partition coefficient (Wildman–Crippen LogP) is 1.27. The minimum Gasteiger partial charge on any atom is -0.366 e. The largest absolute Gasteiger partial charge is 0.366 e. The van der Waals surface area contributed by atoms with Crippen molar-refractivity contribution < 1.29 is 4.79 Å². The third-order valence-corrected chi connectivity index (χ3v) is 1.71. The van der Waals surface area contributed by atoms with Gasteiger partial charge in [0.2, 0.25) is 5.91 Å². The van der Waals surface area contributed by atoms with Crippen LogP contribution >= 0.6 is 12.4 Å². The standard InChI is InChI=1S/C10H14N2O.ClH/c1-12(2)7-8-4-3-5-9(6-8)10(11)13;/h3-6H,7H2,1-2H3,(H2,11,13);1H. The van der Waals surface area contributed by atoms with Crippen LogP contribution in [-0.4, -0.2) is 24.9 Å². The number of nitrogens with two attached hydrogens (primary N) is 1. The molecule has 0 aromatic heterocycles. The van der Waals surface area contributed by atoms with E-state index >= 15 is 0 Å². The average Bonchev–Trinajstić information content (AvgIpc) is 2.03. The zero-order valence-corrected chi connectivity index (χ0v) is 9.17. The van der Waals surface area contributed by atoms with Crippen LogP contribution in [0.25, 0.3) is 0 Å². The number of hydrogen-bond acceptors (Lipinski definition) is 2. The highest BCUT2D eigenvalue weighted by atomic mass is 35.5. The summed E-state index contributed by atoms with van der Waals surface area (Å²) in [5.41, 5.74) is 6.83. The molecule has 14 heavy (non-hydrogen) atoms. The monoisotopic (exact) mass is 214 g/mol. The number of primary amides is 1. The number of halogens is 1. The molecule has 4 heteroatoms. The van der Waals surface area contributed by atoms with Gasteiger partial charge < -0.3 is 10.6 Å². The van der Waals surface area contributed by atoms with Crippen molar-refractivity contribution >= 4 is 18.3 Å². The zero-order chi connectivity index (χ0) is 9.84. The summed E-state index contributed by atoms with van der Waals surface area (Å²) in [7, 11) is 3.97. The van der Waals surface area contributed by atoms with Crippen LogP contribution in [0, 0.1) is 0 Å². The highest BCUT2D eigenvalue weighted by Gasteiger charge is 2.01. The van der Waals surface area contributed by atoms with Crippen LogP contribution in [0.5, 0.6) is 0 Å². The quantitative estimate of drug-likeness (QED) is 0.824. The Balaban J connectivity index is 0.00000169. The van der Waals surface area contributed by atoms with Gasteiger partial charge in [-0.25, -0.2) is 0 Å². The normalized spacial score (nSPS) is 9.64. The van der Waals surface area contributed by atoms with Crippen LogP contribution in [0.15, 0.2) is 24.3 Å². The second kappa shape index (κ2) is 5.62. The van der Waals surface area contributed by atoms with Crippen LogP contribution in [-0.2, 0) is 6.54 Å². The molecule has 0 aliphatic carbocycles. The van der Waals surface area contributed by atoms with Crippen molar-refractivity contribution in [1.82, 2.24) is 4.90 Å². The van der Waals surface area contributed by atoms with E-state index in [1.807, 2.05) is 37.2 Å². The van der Waals surface area contributed by atoms with Gasteiger partial charge in [-0.1, -0.05) is 12.1 Å². The highest BCUT2D eigenvalue weighted by Crippen LogP contribution is 2.05. The van der Waals surface area contributed by atoms with Crippen molar-refractivity contribution in [1.29, 1.82) is 0 Å². The summed E-state index contributed by atoms with van der Waals surface area (Å²) in [6, 6.07) is 7.37. The minimum atomic E-state index is -0.374. The SMILES string of the molecule is CN(C)Cc1cccc(C(N)=O)c1.Cl. The van der Waals surface area contributed by atoms with Crippen molar-refractivity contribution in [2.24, 2.45) is 5.73 Å². The van der Waals surface area contributed by atoms with E-state index in [9.17, 15) is 4.79 Å². The van der Waals surface area contributed by atoms with Gasteiger partial charge in [0.1, 0.15) is 0 Å². The van der Waals surface area contributed by atoms with Crippen LogP contribution < -0.4 is 5.73 Å². The van der Waals surface area contributed by atoms with Gasteiger partial charge in [-0.2, -0.15) is 0 Å². The van der Waals surface area contributed by atoms with Crippen molar-refractivity contribution in [3.8, 4) is 0 Å². The van der Waals surface area contributed by atoms with Gasteiger partial charge in [-0.15, -0.1) is 12.4 Å². The number of carbonyl (C=O) groups is 1. The maximum atomic E-state index is 10.8. The lowest BCUT2D eigenvalue weighted by Crippen LogP contribution is -2.13. The van der Waals surface area contributed by atoms with Gasteiger partial charge in [0.15, 0.2) is 0 Å². The van der Waals surface area contributed by atoms with E-state index in [-0.39, 0.29) is 18.3 Å². The molecule has 1 amide bonds. The Labute approximate surface area is 90.3 Å². The van der Waals surface area contributed by atoms with Crippen molar-refractivity contribution in [3.63, 3.8) is 0 Å². The van der Waals surface area contributed by atoms with E-state index in [2.05, 4.69) is 0 Å². The summed E-state index contributed by atoms with van der Waals surface area (Å²) < 4.78 is 0. The molecular formula is C10H15ClN2O. The van der Waals surface area contributed by atoms with E-state index in [0.29, 0.717) is 5.56 Å². The first-order valence-corrected chi connectivity index (χ1v) is 4.13. The number of rotatable bonds is 3. The van der Waals surface area contributed by atoms with Crippen molar-refractivity contribution in [3.05, 3.63) is 35.4 Å². The molecule has 0 bridgehead atoms. The second-order valence-electron chi connectivity index (χ2n) is 3.30. The maximum absolute atomic E-state index is 10.8. The molecule has 1 rings (SSSR count). The third-order valence-electron chi connectivity index (χ3n) is 1.71. The number of benzene rings is 1. The molecule has 0 aliphatic rings. The molecule has 2 N–H and O–H groups in total. The fourth-order valence-corrected chi connectivity index (χ4v) is 1.19. The Morgan fingerprint density at radius 3 is 2.57 bits per heavy atom. The molecule has 0 spiro atoms. The molecule has 78 valence electrons. The van der Waals surface area contributed by atoms with Gasteiger partial charge in [-0.3, -0.25) is 4.79 Å². The van der Waals surface area contributed by atoms with Gasteiger partial charge in [0.05, 0.1) is 0 Å². The minimum absolute atomic E-state index is 0. The summed E-state index contributed by atoms with van der Waals surface area (Å²) in [6.45, 7) is 0.821. The van der Waals surface area contributed by atoms with Crippen LogP contribution in [0.4, 0.5) is 0 Å². The smallest absolute Gasteiger partial charge is 0.248 e. The van der Waals surface area contributed by atoms with E-state index in [1.54, 1.807) is 6.07 Å². The lowest BCUT2D eigenvalue weighted by atomic mass is 10.1. The number of amides is 1. The summed E-state index contributed by atoms with van der Waals surface area (Å²) in [5, 5.41) is 0. The van der Waals surface area contributed by atoms with Gasteiger partial charge in [0.25, 0.3) is 0 Å². The first-order valence-electron chi connectivity index (χ1n) is 4.13. The number of carbonyl (C=O) groups excluding carboxylic acids is 1. The van der Waals surface area contributed by atoms with Crippen molar-refractivity contribution in [2.75, 3.05) is 14.1 Å². The molecule has 1 aromatic carbocycles. The number of nitrogens with zero attached hydrogens (tertiary/aromatic N) is 1. The molecule has 0 atom stereocenters. The molecule has 0 unspecified atom stereocenters. The van der Waals surface area contributed by atoms with E-state index < -0.39 is 0 Å².